The Morgan fingerprint density at radius 2 is 2.11 bits per heavy atom. The summed E-state index contributed by atoms with van der Waals surface area (Å²) in [4.78, 5) is 0.966. The van der Waals surface area contributed by atoms with Crippen LogP contribution >= 0.6 is 43.2 Å². The molecule has 0 aliphatic rings. The number of hydrogen-bond donors (Lipinski definition) is 1. The van der Waals surface area contributed by atoms with Crippen molar-refractivity contribution in [2.24, 2.45) is 0 Å². The molecule has 1 aromatic carbocycles. The van der Waals surface area contributed by atoms with Crippen LogP contribution in [0.15, 0.2) is 38.6 Å². The summed E-state index contributed by atoms with van der Waals surface area (Å²) in [5.74, 6) is 0.798. The number of methoxy groups -OCH3 is 1. The van der Waals surface area contributed by atoms with Crippen LogP contribution in [0.3, 0.4) is 0 Å². The Balaban J connectivity index is 2.12. The minimum atomic E-state index is -0.471. The molecule has 2 rings (SSSR count). The molecule has 0 spiro atoms. The van der Waals surface area contributed by atoms with E-state index in [-0.39, 0.29) is 0 Å². The van der Waals surface area contributed by atoms with Crippen molar-refractivity contribution in [2.45, 2.75) is 12.5 Å². The number of rotatable bonds is 4. The molecule has 96 valence electrons. The third kappa shape index (κ3) is 3.35. The Labute approximate surface area is 127 Å². The second-order valence-electron chi connectivity index (χ2n) is 3.86. The van der Waals surface area contributed by atoms with Gasteiger partial charge in [-0.15, -0.1) is 11.3 Å². The maximum absolute atomic E-state index is 10.1. The number of thiophene rings is 1. The van der Waals surface area contributed by atoms with E-state index < -0.39 is 6.10 Å². The van der Waals surface area contributed by atoms with Crippen LogP contribution in [0.5, 0.6) is 5.75 Å². The van der Waals surface area contributed by atoms with Crippen LogP contribution in [0.2, 0.25) is 0 Å². The van der Waals surface area contributed by atoms with E-state index in [1.54, 1.807) is 18.4 Å². The molecular formula is C13H12Br2O2S. The third-order valence-corrected chi connectivity index (χ3v) is 4.98. The van der Waals surface area contributed by atoms with Gasteiger partial charge in [0.1, 0.15) is 5.75 Å². The van der Waals surface area contributed by atoms with Gasteiger partial charge in [0.05, 0.1) is 17.7 Å². The molecule has 0 aliphatic carbocycles. The van der Waals surface area contributed by atoms with Gasteiger partial charge in [-0.1, -0.05) is 6.07 Å². The summed E-state index contributed by atoms with van der Waals surface area (Å²) in [5.41, 5.74) is 1.07. The van der Waals surface area contributed by atoms with Gasteiger partial charge in [0.15, 0.2) is 0 Å². The van der Waals surface area contributed by atoms with E-state index in [0.29, 0.717) is 6.42 Å². The zero-order valence-corrected chi connectivity index (χ0v) is 13.7. The molecular weight excluding hydrogens is 380 g/mol. The summed E-state index contributed by atoms with van der Waals surface area (Å²) >= 11 is 8.39. The largest absolute Gasteiger partial charge is 0.496 e. The first-order chi connectivity index (χ1) is 8.60. The SMILES string of the molecule is COc1ccc(CC(O)c2cc(Br)cs2)cc1Br. The van der Waals surface area contributed by atoms with Crippen LogP contribution in [0.1, 0.15) is 16.5 Å². The number of aliphatic hydroxyl groups is 1. The molecule has 2 nitrogen and oxygen atoms in total. The molecule has 1 unspecified atom stereocenters. The van der Waals surface area contributed by atoms with Crippen LogP contribution in [0.25, 0.3) is 0 Å². The average Bonchev–Trinajstić information content (AvgIpc) is 2.76. The van der Waals surface area contributed by atoms with Gasteiger partial charge in [-0.3, -0.25) is 0 Å². The minimum Gasteiger partial charge on any atom is -0.496 e. The Morgan fingerprint density at radius 1 is 1.33 bits per heavy atom. The summed E-state index contributed by atoms with van der Waals surface area (Å²) in [6.07, 6.45) is 0.122. The van der Waals surface area contributed by atoms with Gasteiger partial charge in [0.25, 0.3) is 0 Å². The molecule has 1 atom stereocenters. The van der Waals surface area contributed by atoms with E-state index in [9.17, 15) is 5.11 Å². The zero-order chi connectivity index (χ0) is 13.1. The molecule has 0 bridgehead atoms. The van der Waals surface area contributed by atoms with Crippen molar-refractivity contribution >= 4 is 43.2 Å². The van der Waals surface area contributed by atoms with Crippen molar-refractivity contribution < 1.29 is 9.84 Å². The lowest BCUT2D eigenvalue weighted by atomic mass is 10.1. The smallest absolute Gasteiger partial charge is 0.133 e. The first-order valence-corrected chi connectivity index (χ1v) is 7.81. The number of hydrogen-bond acceptors (Lipinski definition) is 3. The van der Waals surface area contributed by atoms with E-state index in [0.717, 1.165) is 25.1 Å². The molecule has 18 heavy (non-hydrogen) atoms. The Kier molecular flexibility index (Phi) is 4.84. The van der Waals surface area contributed by atoms with E-state index >= 15 is 0 Å². The summed E-state index contributed by atoms with van der Waals surface area (Å²) < 4.78 is 7.10. The van der Waals surface area contributed by atoms with Crippen LogP contribution in [-0.2, 0) is 6.42 Å². The second-order valence-corrected chi connectivity index (χ2v) is 6.57. The van der Waals surface area contributed by atoms with Gasteiger partial charge >= 0.3 is 0 Å². The molecule has 0 radical (unpaired) electrons. The fourth-order valence-electron chi connectivity index (χ4n) is 1.66. The number of ether oxygens (including phenoxy) is 1. The zero-order valence-electron chi connectivity index (χ0n) is 9.69. The molecule has 2 aromatic rings. The van der Waals surface area contributed by atoms with Gasteiger partial charge in [-0.25, -0.2) is 0 Å². The van der Waals surface area contributed by atoms with Crippen molar-refractivity contribution in [2.75, 3.05) is 7.11 Å². The molecule has 1 heterocycles. The average molecular weight is 392 g/mol. The maximum Gasteiger partial charge on any atom is 0.133 e. The maximum atomic E-state index is 10.1. The summed E-state index contributed by atoms with van der Waals surface area (Å²) in [5, 5.41) is 12.1. The fourth-order valence-corrected chi connectivity index (χ4v) is 3.68. The summed E-state index contributed by atoms with van der Waals surface area (Å²) in [6.45, 7) is 0. The second kappa shape index (κ2) is 6.19. The Morgan fingerprint density at radius 3 is 2.67 bits per heavy atom. The van der Waals surface area contributed by atoms with Crippen molar-refractivity contribution in [3.63, 3.8) is 0 Å². The molecule has 0 aliphatic heterocycles. The topological polar surface area (TPSA) is 29.5 Å². The quantitative estimate of drug-likeness (QED) is 0.827. The normalized spacial score (nSPS) is 12.4. The standard InChI is InChI=1S/C13H12Br2O2S/c1-17-12-3-2-8(4-10(12)15)5-11(16)13-6-9(14)7-18-13/h2-4,6-7,11,16H,5H2,1H3. The van der Waals surface area contributed by atoms with Crippen LogP contribution in [-0.4, -0.2) is 12.2 Å². The molecule has 0 saturated heterocycles. The highest BCUT2D eigenvalue weighted by Crippen LogP contribution is 2.30. The van der Waals surface area contributed by atoms with E-state index in [1.807, 2.05) is 29.6 Å². The molecule has 1 N–H and O–H groups in total. The molecule has 5 heteroatoms. The van der Waals surface area contributed by atoms with Crippen molar-refractivity contribution in [3.8, 4) is 5.75 Å². The minimum absolute atomic E-state index is 0.471. The Hall–Kier alpha value is -0.360. The molecule has 0 fully saturated rings. The van der Waals surface area contributed by atoms with E-state index in [1.165, 1.54) is 0 Å². The van der Waals surface area contributed by atoms with E-state index in [4.69, 9.17) is 4.74 Å². The van der Waals surface area contributed by atoms with Crippen LogP contribution in [0, 0.1) is 0 Å². The fraction of sp³-hybridized carbons (Fsp3) is 0.231. The predicted molar refractivity (Wildman–Crippen MR) is 81.4 cm³/mol. The highest BCUT2D eigenvalue weighted by molar-refractivity contribution is 9.10. The lowest BCUT2D eigenvalue weighted by Crippen LogP contribution is -1.99. The first kappa shape index (κ1) is 14.1. The van der Waals surface area contributed by atoms with Crippen LogP contribution in [0.4, 0.5) is 0 Å². The van der Waals surface area contributed by atoms with Crippen molar-refractivity contribution in [1.82, 2.24) is 0 Å². The van der Waals surface area contributed by atoms with Gasteiger partial charge in [-0.2, -0.15) is 0 Å². The molecule has 0 amide bonds. The van der Waals surface area contributed by atoms with Crippen molar-refractivity contribution in [1.29, 1.82) is 0 Å². The molecule has 1 aromatic heterocycles. The van der Waals surface area contributed by atoms with Crippen LogP contribution < -0.4 is 4.74 Å². The Bertz CT molecular complexity index is 540. The third-order valence-electron chi connectivity index (χ3n) is 2.56. The van der Waals surface area contributed by atoms with Gasteiger partial charge in [0.2, 0.25) is 0 Å². The highest BCUT2D eigenvalue weighted by atomic mass is 79.9. The number of aliphatic hydroxyl groups excluding tert-OH is 1. The van der Waals surface area contributed by atoms with Gasteiger partial charge < -0.3 is 9.84 Å². The summed E-state index contributed by atoms with van der Waals surface area (Å²) in [7, 11) is 1.64. The van der Waals surface area contributed by atoms with Gasteiger partial charge in [0, 0.05) is 21.2 Å². The highest BCUT2D eigenvalue weighted by Gasteiger charge is 2.12. The summed E-state index contributed by atoms with van der Waals surface area (Å²) in [6, 6.07) is 7.80. The number of halogens is 2. The van der Waals surface area contributed by atoms with Crippen molar-refractivity contribution in [3.05, 3.63) is 49.0 Å². The molecule has 0 saturated carbocycles. The monoisotopic (exact) mass is 390 g/mol. The van der Waals surface area contributed by atoms with E-state index in [2.05, 4.69) is 31.9 Å². The lowest BCUT2D eigenvalue weighted by Gasteiger charge is -2.10. The lowest BCUT2D eigenvalue weighted by molar-refractivity contribution is 0.182. The van der Waals surface area contributed by atoms with Gasteiger partial charge in [-0.05, 0) is 55.6 Å². The number of benzene rings is 1. The first-order valence-electron chi connectivity index (χ1n) is 5.34. The predicted octanol–water partition coefficient (Wildman–Crippen LogP) is 4.56.